The molecule has 1 aromatic heterocycles. The predicted octanol–water partition coefficient (Wildman–Crippen LogP) is 1.23. The third-order valence-corrected chi connectivity index (χ3v) is 4.51. The van der Waals surface area contributed by atoms with Gasteiger partial charge in [-0.2, -0.15) is 0 Å². The Hall–Kier alpha value is -1.44. The van der Waals surface area contributed by atoms with Crippen LogP contribution in [0.1, 0.15) is 18.7 Å². The molecule has 2 N–H and O–H groups in total. The van der Waals surface area contributed by atoms with E-state index in [4.69, 9.17) is 4.74 Å². The molecule has 0 spiro atoms. The SMILES string of the molecule is CC1CN(CC(=O)NC(=O)NCCc2cccs2)C(C)CO1. The van der Waals surface area contributed by atoms with Crippen molar-refractivity contribution in [1.82, 2.24) is 15.5 Å². The summed E-state index contributed by atoms with van der Waals surface area (Å²) in [6.45, 7) is 6.04. The van der Waals surface area contributed by atoms with Crippen molar-refractivity contribution >= 4 is 23.3 Å². The molecule has 3 amide bonds. The molecule has 1 aromatic rings. The number of ether oxygens (including phenoxy) is 1. The first kappa shape index (κ1) is 16.9. The van der Waals surface area contributed by atoms with Crippen molar-refractivity contribution in [2.45, 2.75) is 32.4 Å². The summed E-state index contributed by atoms with van der Waals surface area (Å²) in [5, 5.41) is 7.08. The zero-order valence-electron chi connectivity index (χ0n) is 13.0. The van der Waals surface area contributed by atoms with Crippen LogP contribution < -0.4 is 10.6 Å². The molecule has 7 heteroatoms. The highest BCUT2D eigenvalue weighted by molar-refractivity contribution is 7.09. The number of carbonyl (C=O) groups excluding carboxylic acids is 2. The Kier molecular flexibility index (Phi) is 6.35. The summed E-state index contributed by atoms with van der Waals surface area (Å²) in [4.78, 5) is 26.8. The van der Waals surface area contributed by atoms with Crippen molar-refractivity contribution in [1.29, 1.82) is 0 Å². The van der Waals surface area contributed by atoms with Crippen LogP contribution in [0, 0.1) is 0 Å². The summed E-state index contributed by atoms with van der Waals surface area (Å²) >= 11 is 1.66. The molecule has 0 aliphatic carbocycles. The van der Waals surface area contributed by atoms with Gasteiger partial charge >= 0.3 is 6.03 Å². The van der Waals surface area contributed by atoms with E-state index in [1.807, 2.05) is 36.3 Å². The molecule has 122 valence electrons. The molecular weight excluding hydrogens is 302 g/mol. The number of amides is 3. The van der Waals surface area contributed by atoms with Crippen LogP contribution in [0.25, 0.3) is 0 Å². The maximum atomic E-state index is 11.9. The van der Waals surface area contributed by atoms with Gasteiger partial charge in [0.05, 0.1) is 19.3 Å². The van der Waals surface area contributed by atoms with Crippen LogP contribution in [0.3, 0.4) is 0 Å². The Morgan fingerprint density at radius 2 is 2.27 bits per heavy atom. The molecule has 2 rings (SSSR count). The fraction of sp³-hybridized carbons (Fsp3) is 0.600. The minimum absolute atomic E-state index is 0.114. The lowest BCUT2D eigenvalue weighted by Gasteiger charge is -2.36. The Labute approximate surface area is 134 Å². The van der Waals surface area contributed by atoms with Crippen molar-refractivity contribution in [2.75, 3.05) is 26.2 Å². The van der Waals surface area contributed by atoms with Gasteiger partial charge in [-0.3, -0.25) is 15.0 Å². The van der Waals surface area contributed by atoms with Gasteiger partial charge in [-0.1, -0.05) is 6.07 Å². The van der Waals surface area contributed by atoms with Crippen LogP contribution in [0.15, 0.2) is 17.5 Å². The quantitative estimate of drug-likeness (QED) is 0.854. The van der Waals surface area contributed by atoms with E-state index in [1.165, 1.54) is 4.88 Å². The number of thiophene rings is 1. The van der Waals surface area contributed by atoms with Gasteiger partial charge in [0.25, 0.3) is 0 Å². The minimum Gasteiger partial charge on any atom is -0.376 e. The number of morpholine rings is 1. The van der Waals surface area contributed by atoms with Crippen LogP contribution >= 0.6 is 11.3 Å². The van der Waals surface area contributed by atoms with E-state index >= 15 is 0 Å². The highest BCUT2D eigenvalue weighted by Crippen LogP contribution is 2.10. The molecule has 0 aromatic carbocycles. The van der Waals surface area contributed by atoms with Crippen LogP contribution in [0.2, 0.25) is 0 Å². The molecule has 1 saturated heterocycles. The third kappa shape index (κ3) is 5.40. The van der Waals surface area contributed by atoms with Crippen LogP contribution in [0.4, 0.5) is 4.79 Å². The normalized spacial score (nSPS) is 22.3. The molecule has 1 aliphatic heterocycles. The first-order valence-corrected chi connectivity index (χ1v) is 8.38. The van der Waals surface area contributed by atoms with Crippen molar-refractivity contribution in [2.24, 2.45) is 0 Å². The lowest BCUT2D eigenvalue weighted by atomic mass is 10.2. The lowest BCUT2D eigenvalue weighted by molar-refractivity contribution is -0.124. The summed E-state index contributed by atoms with van der Waals surface area (Å²) in [6.07, 6.45) is 0.890. The van der Waals surface area contributed by atoms with Gasteiger partial charge in [-0.05, 0) is 31.7 Å². The average Bonchev–Trinajstić information content (AvgIpc) is 2.96. The van der Waals surface area contributed by atoms with Crippen LogP contribution in [-0.4, -0.2) is 55.2 Å². The Balaban J connectivity index is 1.66. The number of rotatable bonds is 5. The highest BCUT2D eigenvalue weighted by Gasteiger charge is 2.25. The van der Waals surface area contributed by atoms with Crippen LogP contribution in [0.5, 0.6) is 0 Å². The molecule has 6 nitrogen and oxygen atoms in total. The smallest absolute Gasteiger partial charge is 0.321 e. The minimum atomic E-state index is -0.435. The van der Waals surface area contributed by atoms with E-state index in [0.717, 1.165) is 6.42 Å². The Morgan fingerprint density at radius 1 is 1.45 bits per heavy atom. The lowest BCUT2D eigenvalue weighted by Crippen LogP contribution is -2.52. The van der Waals surface area contributed by atoms with Crippen LogP contribution in [-0.2, 0) is 16.0 Å². The molecule has 22 heavy (non-hydrogen) atoms. The predicted molar refractivity (Wildman–Crippen MR) is 86.0 cm³/mol. The summed E-state index contributed by atoms with van der Waals surface area (Å²) in [5.74, 6) is -0.283. The highest BCUT2D eigenvalue weighted by atomic mass is 32.1. The summed E-state index contributed by atoms with van der Waals surface area (Å²) in [7, 11) is 0. The largest absolute Gasteiger partial charge is 0.376 e. The van der Waals surface area contributed by atoms with E-state index in [-0.39, 0.29) is 24.6 Å². The number of carbonyl (C=O) groups is 2. The van der Waals surface area contributed by atoms with E-state index in [1.54, 1.807) is 11.3 Å². The second-order valence-corrected chi connectivity index (χ2v) is 6.59. The first-order valence-electron chi connectivity index (χ1n) is 7.50. The number of urea groups is 1. The first-order chi connectivity index (χ1) is 10.5. The number of nitrogens with one attached hydrogen (secondary N) is 2. The molecule has 1 fully saturated rings. The van der Waals surface area contributed by atoms with Crippen molar-refractivity contribution in [3.8, 4) is 0 Å². The summed E-state index contributed by atoms with van der Waals surface area (Å²) in [5.41, 5.74) is 0. The summed E-state index contributed by atoms with van der Waals surface area (Å²) in [6, 6.07) is 3.75. The number of imide groups is 1. The molecule has 1 aliphatic rings. The maximum Gasteiger partial charge on any atom is 0.321 e. The van der Waals surface area contributed by atoms with Gasteiger partial charge in [-0.15, -0.1) is 11.3 Å². The maximum absolute atomic E-state index is 11.9. The Morgan fingerprint density at radius 3 is 3.00 bits per heavy atom. The standard InChI is InChI=1S/C15H23N3O3S/c1-11-10-21-12(2)8-18(11)9-14(19)17-15(20)16-6-5-13-4-3-7-22-13/h3-4,7,11-12H,5-6,8-10H2,1-2H3,(H2,16,17,19,20). The van der Waals surface area contributed by atoms with E-state index in [0.29, 0.717) is 19.7 Å². The van der Waals surface area contributed by atoms with Gasteiger partial charge in [-0.25, -0.2) is 4.79 Å². The number of nitrogens with zero attached hydrogens (tertiary/aromatic N) is 1. The second-order valence-electron chi connectivity index (χ2n) is 5.56. The van der Waals surface area contributed by atoms with E-state index in [2.05, 4.69) is 10.6 Å². The summed E-state index contributed by atoms with van der Waals surface area (Å²) < 4.78 is 5.52. The molecule has 0 saturated carbocycles. The van der Waals surface area contributed by atoms with E-state index < -0.39 is 6.03 Å². The average molecular weight is 325 g/mol. The number of hydrogen-bond acceptors (Lipinski definition) is 5. The van der Waals surface area contributed by atoms with Crippen molar-refractivity contribution < 1.29 is 14.3 Å². The van der Waals surface area contributed by atoms with Gasteiger partial charge < -0.3 is 10.1 Å². The Bertz CT molecular complexity index is 492. The molecule has 2 unspecified atom stereocenters. The van der Waals surface area contributed by atoms with Crippen molar-refractivity contribution in [3.05, 3.63) is 22.4 Å². The van der Waals surface area contributed by atoms with Gasteiger partial charge in [0, 0.05) is 24.0 Å². The van der Waals surface area contributed by atoms with E-state index in [9.17, 15) is 9.59 Å². The number of hydrogen-bond donors (Lipinski definition) is 2. The molecular formula is C15H23N3O3S. The fourth-order valence-corrected chi connectivity index (χ4v) is 3.05. The van der Waals surface area contributed by atoms with Gasteiger partial charge in [0.2, 0.25) is 5.91 Å². The third-order valence-electron chi connectivity index (χ3n) is 3.57. The topological polar surface area (TPSA) is 70.7 Å². The molecule has 2 heterocycles. The zero-order valence-corrected chi connectivity index (χ0v) is 13.8. The van der Waals surface area contributed by atoms with Crippen molar-refractivity contribution in [3.63, 3.8) is 0 Å². The van der Waals surface area contributed by atoms with Gasteiger partial charge in [0.1, 0.15) is 0 Å². The fourth-order valence-electron chi connectivity index (χ4n) is 2.34. The second kappa shape index (κ2) is 8.26. The molecule has 2 atom stereocenters. The molecule has 0 bridgehead atoms. The van der Waals surface area contributed by atoms with Gasteiger partial charge in [0.15, 0.2) is 0 Å². The zero-order chi connectivity index (χ0) is 15.9. The monoisotopic (exact) mass is 325 g/mol. The molecule has 0 radical (unpaired) electrons.